The molecule has 1 aromatic heterocycles. The van der Waals surface area contributed by atoms with E-state index in [1.54, 1.807) is 12.3 Å². The Balaban J connectivity index is 1.93. The van der Waals surface area contributed by atoms with Gasteiger partial charge in [-0.1, -0.05) is 0 Å². The number of hydrogen-bond donors (Lipinski definition) is 0. The highest BCUT2D eigenvalue weighted by Crippen LogP contribution is 2.39. The van der Waals surface area contributed by atoms with Gasteiger partial charge in [-0.05, 0) is 37.3 Å². The third-order valence-electron chi connectivity index (χ3n) is 3.42. The van der Waals surface area contributed by atoms with Crippen molar-refractivity contribution in [3.05, 3.63) is 24.1 Å². The van der Waals surface area contributed by atoms with Gasteiger partial charge in [-0.25, -0.2) is 9.37 Å². The molecule has 2 aliphatic rings. The van der Waals surface area contributed by atoms with Gasteiger partial charge < -0.3 is 4.90 Å². The second-order valence-corrected chi connectivity index (χ2v) is 4.29. The minimum absolute atomic E-state index is 0.181. The number of nitrogens with zero attached hydrogens (tertiary/aromatic N) is 2. The van der Waals surface area contributed by atoms with Gasteiger partial charge in [0.25, 0.3) is 0 Å². The summed E-state index contributed by atoms with van der Waals surface area (Å²) in [5.74, 6) is 1.15. The monoisotopic (exact) mass is 192 g/mol. The third-order valence-corrected chi connectivity index (χ3v) is 3.42. The highest BCUT2D eigenvalue weighted by molar-refractivity contribution is 5.43. The van der Waals surface area contributed by atoms with Gasteiger partial charge >= 0.3 is 0 Å². The van der Waals surface area contributed by atoms with Crippen molar-refractivity contribution in [3.8, 4) is 0 Å². The van der Waals surface area contributed by atoms with E-state index in [9.17, 15) is 4.39 Å². The highest BCUT2D eigenvalue weighted by Gasteiger charge is 2.39. The Bertz CT molecular complexity index is 353. The molecule has 1 aromatic rings. The average Bonchev–Trinajstić information content (AvgIpc) is 2.79. The first-order valence-corrected chi connectivity index (χ1v) is 5.22. The largest absolute Gasteiger partial charge is 0.351 e. The zero-order valence-corrected chi connectivity index (χ0v) is 7.99. The minimum Gasteiger partial charge on any atom is -0.351 e. The van der Waals surface area contributed by atoms with Crippen LogP contribution in [0.1, 0.15) is 19.3 Å². The smallest absolute Gasteiger partial charge is 0.165 e. The van der Waals surface area contributed by atoms with Crippen LogP contribution in [0, 0.1) is 11.7 Å². The maximum absolute atomic E-state index is 13.5. The Morgan fingerprint density at radius 3 is 3.00 bits per heavy atom. The standard InChI is InChI=1S/C11H13FN2/c12-10-2-1-5-13-11(10)14-7-8-3-4-9(14)6-8/h1-2,5,8-9H,3-4,6-7H2. The van der Waals surface area contributed by atoms with Crippen molar-refractivity contribution < 1.29 is 4.39 Å². The molecule has 0 radical (unpaired) electrons. The predicted octanol–water partition coefficient (Wildman–Crippen LogP) is 2.21. The quantitative estimate of drug-likeness (QED) is 0.678. The van der Waals surface area contributed by atoms with Crippen molar-refractivity contribution in [3.63, 3.8) is 0 Å². The second-order valence-electron chi connectivity index (χ2n) is 4.29. The van der Waals surface area contributed by atoms with Gasteiger partial charge in [-0.2, -0.15) is 0 Å². The second kappa shape index (κ2) is 2.94. The number of pyridine rings is 1. The molecular weight excluding hydrogens is 179 g/mol. The van der Waals surface area contributed by atoms with Crippen LogP contribution in [0.2, 0.25) is 0 Å². The summed E-state index contributed by atoms with van der Waals surface area (Å²) < 4.78 is 13.5. The van der Waals surface area contributed by atoms with Crippen molar-refractivity contribution in [2.75, 3.05) is 11.4 Å². The van der Waals surface area contributed by atoms with Crippen molar-refractivity contribution in [1.82, 2.24) is 4.98 Å². The van der Waals surface area contributed by atoms with E-state index in [2.05, 4.69) is 9.88 Å². The van der Waals surface area contributed by atoms with Crippen molar-refractivity contribution >= 4 is 5.82 Å². The number of hydrogen-bond acceptors (Lipinski definition) is 2. The molecule has 0 spiro atoms. The molecule has 14 heavy (non-hydrogen) atoms. The van der Waals surface area contributed by atoms with E-state index in [0.29, 0.717) is 11.9 Å². The summed E-state index contributed by atoms with van der Waals surface area (Å²) in [6.45, 7) is 0.999. The predicted molar refractivity (Wildman–Crippen MR) is 52.7 cm³/mol. The molecule has 0 amide bonds. The first-order chi connectivity index (χ1) is 6.84. The molecule has 1 aliphatic carbocycles. The molecule has 1 aliphatic heterocycles. The molecule has 0 N–H and O–H groups in total. The van der Waals surface area contributed by atoms with E-state index in [0.717, 1.165) is 12.5 Å². The molecule has 3 rings (SSSR count). The third kappa shape index (κ3) is 1.11. The van der Waals surface area contributed by atoms with Gasteiger partial charge in [0.05, 0.1) is 0 Å². The lowest BCUT2D eigenvalue weighted by Crippen LogP contribution is -2.33. The molecule has 2 atom stereocenters. The van der Waals surface area contributed by atoms with E-state index >= 15 is 0 Å². The van der Waals surface area contributed by atoms with Crippen LogP contribution >= 0.6 is 0 Å². The van der Waals surface area contributed by atoms with Crippen LogP contribution < -0.4 is 4.90 Å². The topological polar surface area (TPSA) is 16.1 Å². The van der Waals surface area contributed by atoms with E-state index in [-0.39, 0.29) is 5.82 Å². The summed E-state index contributed by atoms with van der Waals surface area (Å²) in [6, 6.07) is 3.69. The number of aromatic nitrogens is 1. The van der Waals surface area contributed by atoms with E-state index in [1.165, 1.54) is 25.3 Å². The van der Waals surface area contributed by atoms with Crippen LogP contribution in [-0.2, 0) is 0 Å². The maximum atomic E-state index is 13.5. The lowest BCUT2D eigenvalue weighted by molar-refractivity contribution is 0.534. The zero-order valence-electron chi connectivity index (χ0n) is 7.99. The van der Waals surface area contributed by atoms with Gasteiger partial charge in [0, 0.05) is 18.8 Å². The molecule has 1 saturated carbocycles. The summed E-state index contributed by atoms with van der Waals surface area (Å²) in [6.07, 6.45) is 5.43. The average molecular weight is 192 g/mol. The van der Waals surface area contributed by atoms with Gasteiger partial charge in [-0.3, -0.25) is 0 Å². The van der Waals surface area contributed by atoms with Crippen LogP contribution in [0.4, 0.5) is 10.2 Å². The SMILES string of the molecule is Fc1cccnc1N1CC2CCC1C2. The van der Waals surface area contributed by atoms with Crippen LogP contribution in [0.3, 0.4) is 0 Å². The van der Waals surface area contributed by atoms with Crippen molar-refractivity contribution in [2.45, 2.75) is 25.3 Å². The summed E-state index contributed by atoms with van der Waals surface area (Å²) in [4.78, 5) is 6.27. The fourth-order valence-electron chi connectivity index (χ4n) is 2.77. The van der Waals surface area contributed by atoms with Crippen LogP contribution in [-0.4, -0.2) is 17.6 Å². The molecule has 0 aromatic carbocycles. The molecule has 2 unspecified atom stereocenters. The normalized spacial score (nSPS) is 29.9. The first-order valence-electron chi connectivity index (χ1n) is 5.22. The number of halogens is 1. The maximum Gasteiger partial charge on any atom is 0.165 e. The summed E-state index contributed by atoms with van der Waals surface area (Å²) >= 11 is 0. The molecule has 3 heteroatoms. The van der Waals surface area contributed by atoms with Crippen molar-refractivity contribution in [2.24, 2.45) is 5.92 Å². The molecule has 1 saturated heterocycles. The Hall–Kier alpha value is -1.12. The molecule has 2 fully saturated rings. The Labute approximate surface area is 82.8 Å². The molecule has 74 valence electrons. The first kappa shape index (κ1) is 8.21. The van der Waals surface area contributed by atoms with Crippen LogP contribution in [0.25, 0.3) is 0 Å². The van der Waals surface area contributed by atoms with Gasteiger partial charge in [-0.15, -0.1) is 0 Å². The number of anilines is 1. The highest BCUT2D eigenvalue weighted by atomic mass is 19.1. The Morgan fingerprint density at radius 2 is 2.36 bits per heavy atom. The van der Waals surface area contributed by atoms with Gasteiger partial charge in [0.2, 0.25) is 0 Å². The van der Waals surface area contributed by atoms with E-state index in [1.807, 2.05) is 0 Å². The molecule has 2 heterocycles. The Morgan fingerprint density at radius 1 is 1.43 bits per heavy atom. The van der Waals surface area contributed by atoms with Crippen molar-refractivity contribution in [1.29, 1.82) is 0 Å². The van der Waals surface area contributed by atoms with Crippen LogP contribution in [0.15, 0.2) is 18.3 Å². The Kier molecular flexibility index (Phi) is 1.72. The minimum atomic E-state index is -0.181. The summed E-state index contributed by atoms with van der Waals surface area (Å²) in [7, 11) is 0. The summed E-state index contributed by atoms with van der Waals surface area (Å²) in [5.41, 5.74) is 0. The number of rotatable bonds is 1. The van der Waals surface area contributed by atoms with E-state index in [4.69, 9.17) is 0 Å². The van der Waals surface area contributed by atoms with E-state index < -0.39 is 0 Å². The molecular formula is C11H13FN2. The number of fused-ring (bicyclic) bond motifs is 2. The fourth-order valence-corrected chi connectivity index (χ4v) is 2.77. The number of piperidine rings is 1. The lowest BCUT2D eigenvalue weighted by Gasteiger charge is -2.28. The zero-order chi connectivity index (χ0) is 9.54. The molecule has 2 nitrogen and oxygen atoms in total. The van der Waals surface area contributed by atoms with Gasteiger partial charge in [0.1, 0.15) is 0 Å². The summed E-state index contributed by atoms with van der Waals surface area (Å²) in [5, 5.41) is 0. The molecule has 2 bridgehead atoms. The fraction of sp³-hybridized carbons (Fsp3) is 0.545. The lowest BCUT2D eigenvalue weighted by atomic mass is 10.1. The van der Waals surface area contributed by atoms with Gasteiger partial charge in [0.15, 0.2) is 11.6 Å². The van der Waals surface area contributed by atoms with Crippen LogP contribution in [0.5, 0.6) is 0 Å².